The van der Waals surface area contributed by atoms with Crippen LogP contribution in [0.3, 0.4) is 0 Å². The first kappa shape index (κ1) is 15.0. The summed E-state index contributed by atoms with van der Waals surface area (Å²) in [6, 6.07) is 8.18. The minimum absolute atomic E-state index is 0.572. The fourth-order valence-electron chi connectivity index (χ4n) is 2.51. The Bertz CT molecular complexity index is 661. The van der Waals surface area contributed by atoms with Crippen LogP contribution in [0.1, 0.15) is 29.3 Å². The number of aliphatic hydroxyl groups is 1. The Balaban J connectivity index is 1.67. The number of aliphatic hydroxyl groups excluding tert-OH is 1. The number of hydrogen-bond donors (Lipinski definition) is 1. The molecule has 0 bridgehead atoms. The Morgan fingerprint density at radius 2 is 2.14 bits per heavy atom. The number of benzene rings is 1. The fourth-order valence-corrected chi connectivity index (χ4v) is 3.76. The van der Waals surface area contributed by atoms with Crippen molar-refractivity contribution in [1.29, 1.82) is 0 Å². The zero-order chi connectivity index (χ0) is 14.8. The predicted octanol–water partition coefficient (Wildman–Crippen LogP) is 4.21. The summed E-state index contributed by atoms with van der Waals surface area (Å²) >= 11 is 6.81. The van der Waals surface area contributed by atoms with E-state index in [9.17, 15) is 5.11 Å². The van der Waals surface area contributed by atoms with Crippen molar-refractivity contribution in [3.8, 4) is 5.75 Å². The van der Waals surface area contributed by atoms with E-state index >= 15 is 0 Å². The van der Waals surface area contributed by atoms with Crippen molar-refractivity contribution in [1.82, 2.24) is 4.98 Å². The lowest BCUT2D eigenvalue weighted by molar-refractivity contribution is 0.162. The fraction of sp³-hybridized carbons (Fsp3) is 0.312. The molecule has 0 radical (unpaired) electrons. The van der Waals surface area contributed by atoms with E-state index in [1.54, 1.807) is 6.20 Å². The molecule has 110 valence electrons. The lowest BCUT2D eigenvalue weighted by Crippen LogP contribution is -2.03. The van der Waals surface area contributed by atoms with Crippen LogP contribution >= 0.6 is 31.9 Å². The molecule has 1 aromatic carbocycles. The van der Waals surface area contributed by atoms with Crippen LogP contribution in [0.5, 0.6) is 5.75 Å². The number of halogens is 2. The van der Waals surface area contributed by atoms with Crippen molar-refractivity contribution >= 4 is 31.9 Å². The Labute approximate surface area is 140 Å². The molecule has 2 heterocycles. The minimum Gasteiger partial charge on any atom is -0.493 e. The average Bonchev–Trinajstić information content (AvgIpc) is 2.92. The molecule has 1 aliphatic rings. The summed E-state index contributed by atoms with van der Waals surface area (Å²) in [5.41, 5.74) is 3.18. The van der Waals surface area contributed by atoms with Gasteiger partial charge in [-0.05, 0) is 68.0 Å². The van der Waals surface area contributed by atoms with Gasteiger partial charge in [-0.2, -0.15) is 0 Å². The number of aryl methyl sites for hydroxylation is 1. The maximum Gasteiger partial charge on any atom is 0.122 e. The second kappa shape index (κ2) is 6.46. The van der Waals surface area contributed by atoms with Crippen molar-refractivity contribution in [2.75, 3.05) is 6.61 Å². The summed E-state index contributed by atoms with van der Waals surface area (Å²) in [6.07, 6.45) is 3.57. The van der Waals surface area contributed by atoms with Gasteiger partial charge in [0, 0.05) is 21.6 Å². The minimum atomic E-state index is -0.572. The van der Waals surface area contributed by atoms with Gasteiger partial charge in [0.15, 0.2) is 0 Å². The molecule has 3 rings (SSSR count). The molecule has 0 aliphatic carbocycles. The van der Waals surface area contributed by atoms with Gasteiger partial charge in [0.25, 0.3) is 0 Å². The van der Waals surface area contributed by atoms with Gasteiger partial charge in [-0.15, -0.1) is 0 Å². The van der Waals surface area contributed by atoms with E-state index < -0.39 is 6.10 Å². The molecule has 0 fully saturated rings. The van der Waals surface area contributed by atoms with Crippen LogP contribution < -0.4 is 4.74 Å². The topological polar surface area (TPSA) is 42.4 Å². The van der Waals surface area contributed by atoms with E-state index in [4.69, 9.17) is 4.74 Å². The van der Waals surface area contributed by atoms with Crippen molar-refractivity contribution in [3.05, 3.63) is 56.2 Å². The van der Waals surface area contributed by atoms with Gasteiger partial charge in [0.05, 0.1) is 18.4 Å². The lowest BCUT2D eigenvalue weighted by atomic mass is 10.0. The highest BCUT2D eigenvalue weighted by atomic mass is 79.9. The Morgan fingerprint density at radius 1 is 1.29 bits per heavy atom. The molecule has 21 heavy (non-hydrogen) atoms. The van der Waals surface area contributed by atoms with Crippen molar-refractivity contribution in [3.63, 3.8) is 0 Å². The van der Waals surface area contributed by atoms with Crippen LogP contribution in [0.2, 0.25) is 0 Å². The number of fused-ring (bicyclic) bond motifs is 1. The van der Waals surface area contributed by atoms with Gasteiger partial charge in [-0.1, -0.05) is 12.1 Å². The molecule has 1 aromatic heterocycles. The highest BCUT2D eigenvalue weighted by molar-refractivity contribution is 9.11. The standard InChI is InChI=1S/C16H15Br2NO2/c17-12-8-13(18)16(19-9-12)14(20)3-1-10-2-4-15-11(7-10)5-6-21-15/h2,4,7-9,14,20H,1,3,5-6H2. The van der Waals surface area contributed by atoms with Gasteiger partial charge in [0.2, 0.25) is 0 Å². The lowest BCUT2D eigenvalue weighted by Gasteiger charge is -2.12. The molecule has 1 aliphatic heterocycles. The first-order valence-electron chi connectivity index (χ1n) is 6.87. The van der Waals surface area contributed by atoms with Gasteiger partial charge >= 0.3 is 0 Å². The van der Waals surface area contributed by atoms with Crippen LogP contribution in [0, 0.1) is 0 Å². The highest BCUT2D eigenvalue weighted by Gasteiger charge is 2.15. The van der Waals surface area contributed by atoms with Gasteiger partial charge in [0.1, 0.15) is 5.75 Å². The molecular weight excluding hydrogens is 398 g/mol. The Morgan fingerprint density at radius 3 is 2.95 bits per heavy atom. The molecular formula is C16H15Br2NO2. The van der Waals surface area contributed by atoms with Crippen molar-refractivity contribution < 1.29 is 9.84 Å². The number of hydrogen-bond acceptors (Lipinski definition) is 3. The SMILES string of the molecule is OC(CCc1ccc2c(c1)CCO2)c1ncc(Br)cc1Br. The van der Waals surface area contributed by atoms with E-state index in [1.165, 1.54) is 11.1 Å². The summed E-state index contributed by atoms with van der Waals surface area (Å²) < 4.78 is 7.22. The maximum atomic E-state index is 10.3. The van der Waals surface area contributed by atoms with Crippen molar-refractivity contribution in [2.24, 2.45) is 0 Å². The summed E-state index contributed by atoms with van der Waals surface area (Å²) in [6.45, 7) is 0.775. The summed E-state index contributed by atoms with van der Waals surface area (Å²) in [4.78, 5) is 4.28. The molecule has 5 heteroatoms. The van der Waals surface area contributed by atoms with Gasteiger partial charge < -0.3 is 9.84 Å². The zero-order valence-corrected chi connectivity index (χ0v) is 14.5. The van der Waals surface area contributed by atoms with Gasteiger partial charge in [-0.25, -0.2) is 0 Å². The molecule has 1 unspecified atom stereocenters. The summed E-state index contributed by atoms with van der Waals surface area (Å²) in [5.74, 6) is 0.997. The van der Waals surface area contributed by atoms with Crippen LogP contribution in [-0.4, -0.2) is 16.7 Å². The number of rotatable bonds is 4. The first-order valence-corrected chi connectivity index (χ1v) is 8.45. The van der Waals surface area contributed by atoms with Crippen LogP contribution in [0.4, 0.5) is 0 Å². The molecule has 0 saturated carbocycles. The highest BCUT2D eigenvalue weighted by Crippen LogP contribution is 2.29. The quantitative estimate of drug-likeness (QED) is 0.817. The second-order valence-corrected chi connectivity index (χ2v) is 6.89. The monoisotopic (exact) mass is 411 g/mol. The number of aromatic nitrogens is 1. The third-order valence-electron chi connectivity index (χ3n) is 3.61. The van der Waals surface area contributed by atoms with E-state index in [2.05, 4.69) is 49.0 Å². The number of ether oxygens (including phenoxy) is 1. The molecule has 3 nitrogen and oxygen atoms in total. The first-order chi connectivity index (χ1) is 10.1. The van der Waals surface area contributed by atoms with Crippen LogP contribution in [-0.2, 0) is 12.8 Å². The molecule has 2 aromatic rings. The van der Waals surface area contributed by atoms with Gasteiger partial charge in [-0.3, -0.25) is 4.98 Å². The van der Waals surface area contributed by atoms with E-state index in [1.807, 2.05) is 12.1 Å². The zero-order valence-electron chi connectivity index (χ0n) is 11.4. The second-order valence-electron chi connectivity index (χ2n) is 5.12. The summed E-state index contributed by atoms with van der Waals surface area (Å²) in [7, 11) is 0. The maximum absolute atomic E-state index is 10.3. The number of nitrogens with zero attached hydrogens (tertiary/aromatic N) is 1. The average molecular weight is 413 g/mol. The third kappa shape index (κ3) is 3.47. The van der Waals surface area contributed by atoms with E-state index in [-0.39, 0.29) is 0 Å². The van der Waals surface area contributed by atoms with Crippen LogP contribution in [0.25, 0.3) is 0 Å². The molecule has 1 N–H and O–H groups in total. The van der Waals surface area contributed by atoms with E-state index in [0.717, 1.165) is 34.1 Å². The van der Waals surface area contributed by atoms with E-state index in [0.29, 0.717) is 12.1 Å². The molecule has 0 spiro atoms. The van der Waals surface area contributed by atoms with Crippen molar-refractivity contribution in [2.45, 2.75) is 25.4 Å². The van der Waals surface area contributed by atoms with Crippen LogP contribution in [0.15, 0.2) is 39.4 Å². The summed E-state index contributed by atoms with van der Waals surface area (Å²) in [5, 5.41) is 10.3. The predicted molar refractivity (Wildman–Crippen MR) is 88.6 cm³/mol. The Hall–Kier alpha value is -0.910. The normalized spacial score (nSPS) is 14.6. The Kier molecular flexibility index (Phi) is 4.62. The largest absolute Gasteiger partial charge is 0.493 e. The molecule has 0 amide bonds. The number of pyridine rings is 1. The third-order valence-corrected chi connectivity index (χ3v) is 4.68. The molecule has 1 atom stereocenters. The smallest absolute Gasteiger partial charge is 0.122 e. The molecule has 0 saturated heterocycles.